The Kier molecular flexibility index (Phi) is 14.0. The van der Waals surface area contributed by atoms with Crippen LogP contribution < -0.4 is 21.4 Å². The summed E-state index contributed by atoms with van der Waals surface area (Å²) in [6, 6.07) is 20.4. The molecule has 12 nitrogen and oxygen atoms in total. The molecule has 5 N–H and O–H groups in total. The van der Waals surface area contributed by atoms with Crippen LogP contribution >= 0.6 is 0 Å². The van der Waals surface area contributed by atoms with E-state index < -0.39 is 42.1 Å². The summed E-state index contributed by atoms with van der Waals surface area (Å²) < 4.78 is 5.52. The highest BCUT2D eigenvalue weighted by atomic mass is 16.5. The van der Waals surface area contributed by atoms with E-state index in [1.165, 1.54) is 9.91 Å². The van der Waals surface area contributed by atoms with Crippen molar-refractivity contribution in [2.45, 2.75) is 97.6 Å². The minimum Gasteiger partial charge on any atom is -0.445 e. The minimum absolute atomic E-state index is 0.0187. The Labute approximate surface area is 300 Å². The smallest absolute Gasteiger partial charge is 0.408 e. The van der Waals surface area contributed by atoms with Crippen LogP contribution in [-0.4, -0.2) is 69.7 Å². The highest BCUT2D eigenvalue weighted by Gasteiger charge is 2.36. The fourth-order valence-corrected chi connectivity index (χ4v) is 5.84. The maximum absolute atomic E-state index is 14.5. The van der Waals surface area contributed by atoms with Crippen LogP contribution in [0.1, 0.15) is 72.3 Å². The SMILES string of the molecule is CCC(C)N(NC(=O)C[C@@H](O)CCC(C)C)C(=O)[C@H](CC1=CN(C(=O)[C@H](C)N)CN1c1cccc2ccccc12)NC(=O)OCc1ccccc1. The summed E-state index contributed by atoms with van der Waals surface area (Å²) in [5.74, 6) is -1.04. The number of hydrazine groups is 1. The number of aliphatic hydroxyl groups is 1. The number of ether oxygens (including phenoxy) is 1. The molecule has 51 heavy (non-hydrogen) atoms. The highest BCUT2D eigenvalue weighted by molar-refractivity contribution is 5.96. The number of benzene rings is 3. The Morgan fingerprint density at radius 3 is 2.31 bits per heavy atom. The number of alkyl carbamates (subject to hydrolysis) is 1. The first-order chi connectivity index (χ1) is 24.4. The number of hydrogen-bond donors (Lipinski definition) is 4. The van der Waals surface area contributed by atoms with Gasteiger partial charge in [-0.3, -0.25) is 24.7 Å². The standard InChI is InChI=1S/C39H52N6O6/c1-6-27(4)45(42-36(47)22-32(46)20-19-26(2)3)38(49)34(41-39(50)51-24-29-13-8-7-9-14-29)21-31-23-43(37(48)28(5)40)25-44(31)35-18-12-16-30-15-10-11-17-33(30)35/h7-18,23,26-28,32,34,46H,6,19-22,24-25,40H2,1-5H3,(H,41,50)(H,42,47)/t27?,28-,32-,34-/m0/s1. The number of nitrogens with zero attached hydrogens (tertiary/aromatic N) is 3. The summed E-state index contributed by atoms with van der Waals surface area (Å²) in [5.41, 5.74) is 10.9. The lowest BCUT2D eigenvalue weighted by Gasteiger charge is -2.33. The van der Waals surface area contributed by atoms with Gasteiger partial charge in [0.25, 0.3) is 5.91 Å². The number of carbonyl (C=O) groups is 4. The summed E-state index contributed by atoms with van der Waals surface area (Å²) in [7, 11) is 0. The second-order valence-electron chi connectivity index (χ2n) is 13.6. The van der Waals surface area contributed by atoms with E-state index in [0.29, 0.717) is 24.5 Å². The first-order valence-electron chi connectivity index (χ1n) is 17.7. The number of rotatable bonds is 15. The maximum atomic E-state index is 14.5. The van der Waals surface area contributed by atoms with Crippen molar-refractivity contribution in [3.63, 3.8) is 0 Å². The number of carbonyl (C=O) groups excluding carboxylic acids is 4. The number of fused-ring (bicyclic) bond motifs is 1. The third kappa shape index (κ3) is 10.8. The molecule has 0 aliphatic carbocycles. The Bertz CT molecular complexity index is 1670. The molecule has 1 aliphatic rings. The van der Waals surface area contributed by atoms with Crippen LogP contribution in [0.3, 0.4) is 0 Å². The molecule has 0 radical (unpaired) electrons. The van der Waals surface area contributed by atoms with Crippen molar-refractivity contribution in [1.82, 2.24) is 20.7 Å². The van der Waals surface area contributed by atoms with Gasteiger partial charge >= 0.3 is 6.09 Å². The van der Waals surface area contributed by atoms with Gasteiger partial charge in [0, 0.05) is 23.7 Å². The molecule has 0 saturated carbocycles. The van der Waals surface area contributed by atoms with Gasteiger partial charge in [0.05, 0.1) is 30.3 Å². The lowest BCUT2D eigenvalue weighted by molar-refractivity contribution is -0.146. The maximum Gasteiger partial charge on any atom is 0.408 e. The van der Waals surface area contributed by atoms with Gasteiger partial charge in [0.15, 0.2) is 0 Å². The van der Waals surface area contributed by atoms with Gasteiger partial charge in [-0.15, -0.1) is 0 Å². The van der Waals surface area contributed by atoms with Crippen LogP contribution in [0.4, 0.5) is 10.5 Å². The minimum atomic E-state index is -1.22. The molecule has 0 aromatic heterocycles. The van der Waals surface area contributed by atoms with Gasteiger partial charge in [-0.25, -0.2) is 9.80 Å². The number of nitrogens with one attached hydrogen (secondary N) is 2. The van der Waals surface area contributed by atoms with Crippen molar-refractivity contribution in [1.29, 1.82) is 0 Å². The summed E-state index contributed by atoms with van der Waals surface area (Å²) >= 11 is 0. The number of nitrogens with two attached hydrogens (primary N) is 1. The fraction of sp³-hybridized carbons (Fsp3) is 0.436. The number of aliphatic hydroxyl groups excluding tert-OH is 1. The van der Waals surface area contributed by atoms with E-state index in [1.54, 1.807) is 20.0 Å². The third-order valence-electron chi connectivity index (χ3n) is 8.90. The zero-order valence-corrected chi connectivity index (χ0v) is 30.2. The van der Waals surface area contributed by atoms with E-state index in [9.17, 15) is 24.3 Å². The Morgan fingerprint density at radius 1 is 0.941 bits per heavy atom. The van der Waals surface area contributed by atoms with Gasteiger partial charge in [-0.1, -0.05) is 87.5 Å². The van der Waals surface area contributed by atoms with Gasteiger partial charge in [0.2, 0.25) is 11.8 Å². The van der Waals surface area contributed by atoms with Gasteiger partial charge in [-0.2, -0.15) is 0 Å². The van der Waals surface area contributed by atoms with E-state index in [-0.39, 0.29) is 32.0 Å². The van der Waals surface area contributed by atoms with Crippen molar-refractivity contribution in [3.8, 4) is 0 Å². The molecule has 1 aliphatic heterocycles. The van der Waals surface area contributed by atoms with Crippen LogP contribution in [0.2, 0.25) is 0 Å². The van der Waals surface area contributed by atoms with E-state index in [0.717, 1.165) is 28.4 Å². The molecule has 12 heteroatoms. The molecule has 0 saturated heterocycles. The average molecular weight is 701 g/mol. The first kappa shape index (κ1) is 38.9. The molecule has 4 atom stereocenters. The second kappa shape index (κ2) is 18.3. The van der Waals surface area contributed by atoms with Crippen LogP contribution in [0, 0.1) is 5.92 Å². The monoisotopic (exact) mass is 700 g/mol. The molecule has 3 aromatic rings. The van der Waals surface area contributed by atoms with Crippen molar-refractivity contribution in [2.75, 3.05) is 11.6 Å². The van der Waals surface area contributed by atoms with E-state index in [4.69, 9.17) is 10.5 Å². The van der Waals surface area contributed by atoms with Gasteiger partial charge in [0.1, 0.15) is 19.3 Å². The van der Waals surface area contributed by atoms with Crippen LogP contribution in [-0.2, 0) is 25.7 Å². The predicted molar refractivity (Wildman–Crippen MR) is 197 cm³/mol. The number of hydrogen-bond acceptors (Lipinski definition) is 8. The quantitative estimate of drug-likeness (QED) is 0.158. The fourth-order valence-electron chi connectivity index (χ4n) is 5.84. The number of anilines is 1. The molecular formula is C39H52N6O6. The van der Waals surface area contributed by atoms with Crippen LogP contribution in [0.25, 0.3) is 10.8 Å². The summed E-state index contributed by atoms with van der Waals surface area (Å²) in [6.07, 6.45) is 1.43. The van der Waals surface area contributed by atoms with Crippen LogP contribution in [0.5, 0.6) is 0 Å². The van der Waals surface area contributed by atoms with Crippen molar-refractivity contribution in [2.24, 2.45) is 11.7 Å². The third-order valence-corrected chi connectivity index (χ3v) is 8.90. The summed E-state index contributed by atoms with van der Waals surface area (Å²) in [6.45, 7) is 9.49. The molecule has 4 amide bonds. The highest BCUT2D eigenvalue weighted by Crippen LogP contribution is 2.34. The lowest BCUT2D eigenvalue weighted by atomic mass is 10.0. The molecule has 3 aromatic carbocycles. The molecular weight excluding hydrogens is 648 g/mol. The zero-order chi connectivity index (χ0) is 37.1. The molecule has 4 rings (SSSR count). The second-order valence-corrected chi connectivity index (χ2v) is 13.6. The first-order valence-corrected chi connectivity index (χ1v) is 17.7. The topological polar surface area (TPSA) is 158 Å². The van der Waals surface area contributed by atoms with Gasteiger partial charge < -0.3 is 25.8 Å². The Hall–Kier alpha value is -4.94. The van der Waals surface area contributed by atoms with E-state index >= 15 is 0 Å². The molecule has 274 valence electrons. The molecule has 0 bridgehead atoms. The van der Waals surface area contributed by atoms with E-state index in [2.05, 4.69) is 10.7 Å². The van der Waals surface area contributed by atoms with Crippen molar-refractivity contribution < 1.29 is 29.0 Å². The number of amides is 4. The predicted octanol–water partition coefficient (Wildman–Crippen LogP) is 5.17. The zero-order valence-electron chi connectivity index (χ0n) is 30.2. The largest absolute Gasteiger partial charge is 0.445 e. The molecule has 0 spiro atoms. The van der Waals surface area contributed by atoms with Crippen LogP contribution in [0.15, 0.2) is 84.7 Å². The summed E-state index contributed by atoms with van der Waals surface area (Å²) in [4.78, 5) is 57.6. The van der Waals surface area contributed by atoms with Gasteiger partial charge in [-0.05, 0) is 56.0 Å². The van der Waals surface area contributed by atoms with Crippen molar-refractivity contribution in [3.05, 3.63) is 90.3 Å². The Balaban J connectivity index is 1.67. The molecule has 1 unspecified atom stereocenters. The van der Waals surface area contributed by atoms with E-state index in [1.807, 2.05) is 98.5 Å². The molecule has 1 heterocycles. The average Bonchev–Trinajstić information content (AvgIpc) is 3.54. The summed E-state index contributed by atoms with van der Waals surface area (Å²) in [5, 5.41) is 16.4. The molecule has 0 fully saturated rings. The van der Waals surface area contributed by atoms with Crippen molar-refractivity contribution >= 4 is 40.3 Å². The lowest BCUT2D eigenvalue weighted by Crippen LogP contribution is -2.58. The Morgan fingerprint density at radius 2 is 1.63 bits per heavy atom. The normalized spacial score (nSPS) is 15.2.